The Morgan fingerprint density at radius 3 is 2.78 bits per heavy atom. The Labute approximate surface area is 135 Å². The van der Waals surface area contributed by atoms with Gasteiger partial charge in [0.2, 0.25) is 0 Å². The number of urea groups is 1. The molecule has 7 N–H and O–H groups in total. The Morgan fingerprint density at radius 1 is 1.35 bits per heavy atom. The van der Waals surface area contributed by atoms with E-state index >= 15 is 0 Å². The molecule has 1 saturated heterocycles. The van der Waals surface area contributed by atoms with E-state index in [1.807, 2.05) is 37.3 Å². The highest BCUT2D eigenvalue weighted by molar-refractivity contribution is 5.89. The number of aliphatic hydroxyl groups is 2. The van der Waals surface area contributed by atoms with Crippen molar-refractivity contribution < 1.29 is 15.0 Å². The largest absolute Gasteiger partial charge is 0.394 e. The van der Waals surface area contributed by atoms with Crippen molar-refractivity contribution in [1.82, 2.24) is 21.3 Å². The Kier molecular flexibility index (Phi) is 6.75. The number of amides is 2. The predicted molar refractivity (Wildman–Crippen MR) is 87.6 cm³/mol. The summed E-state index contributed by atoms with van der Waals surface area (Å²) >= 11 is 0. The zero-order valence-corrected chi connectivity index (χ0v) is 13.1. The summed E-state index contributed by atoms with van der Waals surface area (Å²) in [5.74, 6) is 0. The fourth-order valence-electron chi connectivity index (χ4n) is 2.41. The summed E-state index contributed by atoms with van der Waals surface area (Å²) in [6.45, 7) is 2.01. The maximum absolute atomic E-state index is 12.0. The third kappa shape index (κ3) is 6.12. The molecule has 0 aromatic heterocycles. The first-order chi connectivity index (χ1) is 11.1. The summed E-state index contributed by atoms with van der Waals surface area (Å²) in [4.78, 5) is 12.0. The first-order valence-electron chi connectivity index (χ1n) is 7.74. The van der Waals surface area contributed by atoms with Gasteiger partial charge in [0.25, 0.3) is 0 Å². The molecule has 23 heavy (non-hydrogen) atoms. The van der Waals surface area contributed by atoms with Crippen LogP contribution in [-0.4, -0.2) is 54.0 Å². The van der Waals surface area contributed by atoms with Gasteiger partial charge in [-0.25, -0.2) is 4.79 Å². The maximum atomic E-state index is 12.0. The van der Waals surface area contributed by atoms with Crippen LogP contribution < -0.4 is 26.6 Å². The monoisotopic (exact) mass is 323 g/mol. The Bertz CT molecular complexity index is 487. The molecule has 1 aromatic carbocycles. The van der Waals surface area contributed by atoms with Crippen LogP contribution in [0.2, 0.25) is 0 Å². The van der Waals surface area contributed by atoms with E-state index in [9.17, 15) is 9.90 Å². The summed E-state index contributed by atoms with van der Waals surface area (Å²) in [6.07, 6.45) is -0.480. The van der Waals surface area contributed by atoms with Gasteiger partial charge in [-0.1, -0.05) is 18.2 Å². The summed E-state index contributed by atoms with van der Waals surface area (Å²) in [7, 11) is 0. The number of carbonyl (C=O) groups is 1. The normalized spacial score (nSPS) is 25.6. The third-order valence-corrected chi connectivity index (χ3v) is 3.53. The second kappa shape index (κ2) is 8.80. The zero-order chi connectivity index (χ0) is 16.7. The van der Waals surface area contributed by atoms with Crippen LogP contribution in [0.3, 0.4) is 0 Å². The Morgan fingerprint density at radius 2 is 2.09 bits per heavy atom. The molecule has 4 atom stereocenters. The molecular formula is C15H25N5O3. The summed E-state index contributed by atoms with van der Waals surface area (Å²) in [5.41, 5.74) is 0.717. The second-order valence-corrected chi connectivity index (χ2v) is 5.66. The van der Waals surface area contributed by atoms with Gasteiger partial charge in [0.15, 0.2) is 0 Å². The average molecular weight is 323 g/mol. The molecule has 1 aliphatic heterocycles. The lowest BCUT2D eigenvalue weighted by atomic mass is 10.1. The number of anilines is 1. The lowest BCUT2D eigenvalue weighted by Gasteiger charge is -2.37. The number of rotatable bonds is 6. The van der Waals surface area contributed by atoms with Crippen LogP contribution in [0, 0.1) is 0 Å². The van der Waals surface area contributed by atoms with E-state index in [1.165, 1.54) is 0 Å². The summed E-state index contributed by atoms with van der Waals surface area (Å²) in [6, 6.07) is 9.07. The lowest BCUT2D eigenvalue weighted by molar-refractivity contribution is 0.0853. The van der Waals surface area contributed by atoms with Crippen molar-refractivity contribution in [3.8, 4) is 0 Å². The van der Waals surface area contributed by atoms with Crippen molar-refractivity contribution in [2.45, 2.75) is 37.9 Å². The molecule has 128 valence electrons. The van der Waals surface area contributed by atoms with Crippen molar-refractivity contribution in [2.75, 3.05) is 18.5 Å². The molecule has 0 spiro atoms. The van der Waals surface area contributed by atoms with Gasteiger partial charge in [0.1, 0.15) is 6.29 Å². The molecule has 8 heteroatoms. The van der Waals surface area contributed by atoms with Crippen molar-refractivity contribution >= 4 is 11.7 Å². The van der Waals surface area contributed by atoms with Crippen LogP contribution >= 0.6 is 0 Å². The van der Waals surface area contributed by atoms with E-state index in [0.29, 0.717) is 0 Å². The van der Waals surface area contributed by atoms with Crippen LogP contribution in [0.4, 0.5) is 10.5 Å². The SMILES string of the molecule is CC1CC(NCC(O)CO)NC(NC(=O)Nc2ccccc2)N1. The van der Waals surface area contributed by atoms with E-state index in [4.69, 9.17) is 5.11 Å². The minimum atomic E-state index is -0.796. The Balaban J connectivity index is 1.80. The average Bonchev–Trinajstić information content (AvgIpc) is 2.52. The number of nitrogens with one attached hydrogen (secondary N) is 5. The van der Waals surface area contributed by atoms with Crippen molar-refractivity contribution in [1.29, 1.82) is 0 Å². The summed E-state index contributed by atoms with van der Waals surface area (Å²) < 4.78 is 0. The van der Waals surface area contributed by atoms with Gasteiger partial charge in [-0.2, -0.15) is 0 Å². The molecule has 8 nitrogen and oxygen atoms in total. The van der Waals surface area contributed by atoms with Crippen LogP contribution in [-0.2, 0) is 0 Å². The fraction of sp³-hybridized carbons (Fsp3) is 0.533. The molecule has 0 saturated carbocycles. The molecule has 2 rings (SSSR count). The number of hydrogen-bond donors (Lipinski definition) is 7. The van der Waals surface area contributed by atoms with Gasteiger partial charge >= 0.3 is 6.03 Å². The van der Waals surface area contributed by atoms with Gasteiger partial charge in [-0.3, -0.25) is 16.0 Å². The van der Waals surface area contributed by atoms with Gasteiger partial charge < -0.3 is 20.8 Å². The number of para-hydroxylation sites is 1. The van der Waals surface area contributed by atoms with E-state index in [0.717, 1.165) is 12.1 Å². The van der Waals surface area contributed by atoms with Gasteiger partial charge in [-0.05, 0) is 25.5 Å². The van der Waals surface area contributed by atoms with Crippen LogP contribution in [0.15, 0.2) is 30.3 Å². The molecule has 4 unspecified atom stereocenters. The number of aliphatic hydroxyl groups excluding tert-OH is 2. The van der Waals surface area contributed by atoms with Gasteiger partial charge in [0, 0.05) is 18.3 Å². The van der Waals surface area contributed by atoms with Crippen LogP contribution in [0.1, 0.15) is 13.3 Å². The first kappa shape index (κ1) is 17.6. The molecule has 1 aliphatic rings. The first-order valence-corrected chi connectivity index (χ1v) is 7.74. The van der Waals surface area contributed by atoms with Gasteiger partial charge in [-0.15, -0.1) is 0 Å². The molecular weight excluding hydrogens is 298 g/mol. The van der Waals surface area contributed by atoms with E-state index in [2.05, 4.69) is 26.6 Å². The van der Waals surface area contributed by atoms with Crippen molar-refractivity contribution in [2.24, 2.45) is 0 Å². The van der Waals surface area contributed by atoms with Crippen molar-refractivity contribution in [3.05, 3.63) is 30.3 Å². The number of hydrogen-bond acceptors (Lipinski definition) is 6. The second-order valence-electron chi connectivity index (χ2n) is 5.66. The quantitative estimate of drug-likeness (QED) is 0.373. The highest BCUT2D eigenvalue weighted by Gasteiger charge is 2.26. The standard InChI is InChI=1S/C15H25N5O3/c1-10-7-13(16-8-12(22)9-21)19-14(17-10)20-15(23)18-11-5-3-2-4-6-11/h2-6,10,12-14,16-17,19,21-22H,7-9H2,1H3,(H2,18,20,23). The third-order valence-electron chi connectivity index (χ3n) is 3.53. The molecule has 0 radical (unpaired) electrons. The van der Waals surface area contributed by atoms with Crippen LogP contribution in [0.25, 0.3) is 0 Å². The smallest absolute Gasteiger partial charge is 0.321 e. The molecule has 0 bridgehead atoms. The number of carbonyl (C=O) groups excluding carboxylic acids is 1. The van der Waals surface area contributed by atoms with Crippen LogP contribution in [0.5, 0.6) is 0 Å². The molecule has 2 amide bonds. The lowest BCUT2D eigenvalue weighted by Crippen LogP contribution is -2.68. The van der Waals surface area contributed by atoms with E-state index in [-0.39, 0.29) is 31.4 Å². The Hall–Kier alpha value is -1.71. The molecule has 1 aromatic rings. The molecule has 1 fully saturated rings. The maximum Gasteiger partial charge on any atom is 0.321 e. The molecule has 1 heterocycles. The highest BCUT2D eigenvalue weighted by atomic mass is 16.3. The van der Waals surface area contributed by atoms with E-state index in [1.54, 1.807) is 0 Å². The molecule has 0 aliphatic carbocycles. The number of benzene rings is 1. The minimum absolute atomic E-state index is 0.0746. The van der Waals surface area contributed by atoms with Crippen molar-refractivity contribution in [3.63, 3.8) is 0 Å². The zero-order valence-electron chi connectivity index (χ0n) is 13.1. The fourth-order valence-corrected chi connectivity index (χ4v) is 2.41. The minimum Gasteiger partial charge on any atom is -0.394 e. The van der Waals surface area contributed by atoms with E-state index < -0.39 is 12.4 Å². The summed E-state index contributed by atoms with van der Waals surface area (Å²) in [5, 5.41) is 33.3. The highest BCUT2D eigenvalue weighted by Crippen LogP contribution is 2.06. The van der Waals surface area contributed by atoms with Gasteiger partial charge in [0.05, 0.1) is 18.9 Å². The topological polar surface area (TPSA) is 118 Å². The predicted octanol–water partition coefficient (Wildman–Crippen LogP) is -0.668.